The van der Waals surface area contributed by atoms with E-state index in [1.807, 2.05) is 19.2 Å². The van der Waals surface area contributed by atoms with E-state index in [0.717, 1.165) is 25.3 Å². The second-order valence-electron chi connectivity index (χ2n) is 3.94. The van der Waals surface area contributed by atoms with Crippen molar-refractivity contribution in [2.24, 2.45) is 0 Å². The SMILES string of the molecule is CCCOc1ccc(C=C(C)CNC)cc1. The number of likely N-dealkylation sites (N-methyl/N-ethyl adjacent to an activating group) is 1. The molecule has 16 heavy (non-hydrogen) atoms. The Morgan fingerprint density at radius 1 is 1.31 bits per heavy atom. The Labute approximate surface area is 98.3 Å². The van der Waals surface area contributed by atoms with E-state index in [9.17, 15) is 0 Å². The molecule has 0 bridgehead atoms. The fraction of sp³-hybridized carbons (Fsp3) is 0.429. The first kappa shape index (κ1) is 12.8. The Bertz CT molecular complexity index is 327. The highest BCUT2D eigenvalue weighted by Crippen LogP contribution is 2.14. The zero-order chi connectivity index (χ0) is 11.8. The molecule has 0 amide bonds. The molecular formula is C14H21NO. The summed E-state index contributed by atoms with van der Waals surface area (Å²) in [7, 11) is 1.96. The molecular weight excluding hydrogens is 198 g/mol. The van der Waals surface area contributed by atoms with Crippen LogP contribution in [-0.4, -0.2) is 20.2 Å². The van der Waals surface area contributed by atoms with Crippen LogP contribution in [0.1, 0.15) is 25.8 Å². The third-order valence-electron chi connectivity index (χ3n) is 2.22. The van der Waals surface area contributed by atoms with E-state index in [-0.39, 0.29) is 0 Å². The lowest BCUT2D eigenvalue weighted by Crippen LogP contribution is -2.08. The lowest BCUT2D eigenvalue weighted by molar-refractivity contribution is 0.317. The van der Waals surface area contributed by atoms with Gasteiger partial charge >= 0.3 is 0 Å². The van der Waals surface area contributed by atoms with E-state index in [1.54, 1.807) is 0 Å². The standard InChI is InChI=1S/C14H21NO/c1-4-9-16-14-7-5-13(6-8-14)10-12(2)11-15-3/h5-8,10,15H,4,9,11H2,1-3H3. The summed E-state index contributed by atoms with van der Waals surface area (Å²) in [6.07, 6.45) is 3.23. The third kappa shape index (κ3) is 4.49. The fourth-order valence-corrected chi connectivity index (χ4v) is 1.49. The average Bonchev–Trinajstić information content (AvgIpc) is 2.28. The van der Waals surface area contributed by atoms with Gasteiger partial charge in [-0.2, -0.15) is 0 Å². The van der Waals surface area contributed by atoms with Crippen molar-refractivity contribution < 1.29 is 4.74 Å². The summed E-state index contributed by atoms with van der Waals surface area (Å²) in [5.74, 6) is 0.949. The van der Waals surface area contributed by atoms with Crippen molar-refractivity contribution in [3.8, 4) is 5.75 Å². The summed E-state index contributed by atoms with van der Waals surface area (Å²) in [6, 6.07) is 8.22. The van der Waals surface area contributed by atoms with E-state index < -0.39 is 0 Å². The van der Waals surface area contributed by atoms with Crippen LogP contribution in [0, 0.1) is 0 Å². The van der Waals surface area contributed by atoms with Crippen LogP contribution in [0.2, 0.25) is 0 Å². The van der Waals surface area contributed by atoms with Crippen LogP contribution in [0.3, 0.4) is 0 Å². The van der Waals surface area contributed by atoms with Gasteiger partial charge in [-0.05, 0) is 38.1 Å². The molecule has 0 atom stereocenters. The first-order valence-corrected chi connectivity index (χ1v) is 5.81. The zero-order valence-electron chi connectivity index (χ0n) is 10.4. The Balaban J connectivity index is 2.60. The van der Waals surface area contributed by atoms with E-state index in [1.165, 1.54) is 11.1 Å². The quantitative estimate of drug-likeness (QED) is 0.793. The van der Waals surface area contributed by atoms with Crippen molar-refractivity contribution in [2.75, 3.05) is 20.2 Å². The predicted molar refractivity (Wildman–Crippen MR) is 69.8 cm³/mol. The largest absolute Gasteiger partial charge is 0.494 e. The Morgan fingerprint density at radius 2 is 2.00 bits per heavy atom. The van der Waals surface area contributed by atoms with Gasteiger partial charge in [0.25, 0.3) is 0 Å². The summed E-state index contributed by atoms with van der Waals surface area (Å²) in [6.45, 7) is 5.94. The van der Waals surface area contributed by atoms with Crippen LogP contribution in [0.4, 0.5) is 0 Å². The minimum Gasteiger partial charge on any atom is -0.494 e. The number of benzene rings is 1. The molecule has 0 saturated heterocycles. The molecule has 0 aliphatic heterocycles. The number of ether oxygens (including phenoxy) is 1. The van der Waals surface area contributed by atoms with Crippen molar-refractivity contribution >= 4 is 6.08 Å². The van der Waals surface area contributed by atoms with Crippen LogP contribution >= 0.6 is 0 Å². The molecule has 2 nitrogen and oxygen atoms in total. The minimum atomic E-state index is 0.786. The topological polar surface area (TPSA) is 21.3 Å². The van der Waals surface area contributed by atoms with Crippen molar-refractivity contribution in [3.05, 3.63) is 35.4 Å². The van der Waals surface area contributed by atoms with Crippen LogP contribution in [0.25, 0.3) is 6.08 Å². The van der Waals surface area contributed by atoms with Crippen molar-refractivity contribution in [1.82, 2.24) is 5.32 Å². The first-order valence-electron chi connectivity index (χ1n) is 5.81. The maximum absolute atomic E-state index is 5.53. The number of rotatable bonds is 6. The summed E-state index contributed by atoms with van der Waals surface area (Å²) in [5.41, 5.74) is 2.54. The molecule has 88 valence electrons. The molecule has 1 rings (SSSR count). The van der Waals surface area contributed by atoms with Gasteiger partial charge in [0, 0.05) is 6.54 Å². The normalized spacial score (nSPS) is 11.6. The second-order valence-corrected chi connectivity index (χ2v) is 3.94. The van der Waals surface area contributed by atoms with Gasteiger partial charge in [0.2, 0.25) is 0 Å². The van der Waals surface area contributed by atoms with Crippen molar-refractivity contribution in [3.63, 3.8) is 0 Å². The lowest BCUT2D eigenvalue weighted by atomic mass is 10.1. The summed E-state index contributed by atoms with van der Waals surface area (Å²) in [4.78, 5) is 0. The molecule has 1 aromatic rings. The van der Waals surface area contributed by atoms with E-state index in [4.69, 9.17) is 4.74 Å². The third-order valence-corrected chi connectivity index (χ3v) is 2.22. The van der Waals surface area contributed by atoms with E-state index >= 15 is 0 Å². The molecule has 0 aliphatic carbocycles. The smallest absolute Gasteiger partial charge is 0.119 e. The molecule has 1 N–H and O–H groups in total. The van der Waals surface area contributed by atoms with Crippen LogP contribution < -0.4 is 10.1 Å². The number of hydrogen-bond acceptors (Lipinski definition) is 2. The highest BCUT2D eigenvalue weighted by atomic mass is 16.5. The Kier molecular flexibility index (Phi) is 5.65. The molecule has 0 saturated carbocycles. The number of hydrogen-bond donors (Lipinski definition) is 1. The van der Waals surface area contributed by atoms with Crippen LogP contribution in [0.15, 0.2) is 29.8 Å². The molecule has 0 unspecified atom stereocenters. The zero-order valence-corrected chi connectivity index (χ0v) is 10.4. The summed E-state index contributed by atoms with van der Waals surface area (Å²) in [5, 5.41) is 3.13. The van der Waals surface area contributed by atoms with Gasteiger partial charge in [-0.15, -0.1) is 0 Å². The molecule has 0 heterocycles. The first-order chi connectivity index (χ1) is 7.76. The van der Waals surface area contributed by atoms with Crippen molar-refractivity contribution in [2.45, 2.75) is 20.3 Å². The van der Waals surface area contributed by atoms with Gasteiger partial charge in [0.05, 0.1) is 6.61 Å². The monoisotopic (exact) mass is 219 g/mol. The molecule has 1 aromatic carbocycles. The van der Waals surface area contributed by atoms with Crippen LogP contribution in [-0.2, 0) is 0 Å². The Hall–Kier alpha value is -1.28. The Morgan fingerprint density at radius 3 is 2.56 bits per heavy atom. The summed E-state index contributed by atoms with van der Waals surface area (Å²) >= 11 is 0. The predicted octanol–water partition coefficient (Wildman–Crippen LogP) is 3.10. The van der Waals surface area contributed by atoms with Gasteiger partial charge in [0.15, 0.2) is 0 Å². The molecule has 0 aliphatic rings. The van der Waals surface area contributed by atoms with E-state index in [0.29, 0.717) is 0 Å². The molecule has 0 radical (unpaired) electrons. The lowest BCUT2D eigenvalue weighted by Gasteiger charge is -2.05. The van der Waals surface area contributed by atoms with Gasteiger partial charge in [-0.1, -0.05) is 30.7 Å². The minimum absolute atomic E-state index is 0.786. The maximum atomic E-state index is 5.53. The van der Waals surface area contributed by atoms with E-state index in [2.05, 4.69) is 37.4 Å². The fourth-order valence-electron chi connectivity index (χ4n) is 1.49. The second kappa shape index (κ2) is 7.07. The molecule has 0 spiro atoms. The maximum Gasteiger partial charge on any atom is 0.119 e. The van der Waals surface area contributed by atoms with Gasteiger partial charge in [0.1, 0.15) is 5.75 Å². The highest BCUT2D eigenvalue weighted by Gasteiger charge is 1.94. The van der Waals surface area contributed by atoms with Gasteiger partial charge < -0.3 is 10.1 Å². The van der Waals surface area contributed by atoms with Crippen LogP contribution in [0.5, 0.6) is 5.75 Å². The molecule has 2 heteroatoms. The summed E-state index contributed by atoms with van der Waals surface area (Å²) < 4.78 is 5.53. The van der Waals surface area contributed by atoms with Gasteiger partial charge in [-0.3, -0.25) is 0 Å². The number of nitrogens with one attached hydrogen (secondary N) is 1. The average molecular weight is 219 g/mol. The molecule has 0 fully saturated rings. The highest BCUT2D eigenvalue weighted by molar-refractivity contribution is 5.53. The van der Waals surface area contributed by atoms with Crippen molar-refractivity contribution in [1.29, 1.82) is 0 Å². The van der Waals surface area contributed by atoms with Gasteiger partial charge in [-0.25, -0.2) is 0 Å². The molecule has 0 aromatic heterocycles.